The first-order valence-corrected chi connectivity index (χ1v) is 7.74. The molecule has 2 saturated heterocycles. The zero-order valence-electron chi connectivity index (χ0n) is 12.3. The molecule has 3 atom stereocenters. The van der Waals surface area contributed by atoms with E-state index in [1.807, 2.05) is 12.1 Å². The number of piperidine rings is 1. The monoisotopic (exact) mass is 294 g/mol. The summed E-state index contributed by atoms with van der Waals surface area (Å²) in [6.07, 6.45) is 9.33. The van der Waals surface area contributed by atoms with E-state index in [1.54, 1.807) is 12.3 Å². The Balaban J connectivity index is 1.52. The predicted molar refractivity (Wildman–Crippen MR) is 84.6 cm³/mol. The lowest BCUT2D eigenvalue weighted by Crippen LogP contribution is -2.47. The van der Waals surface area contributed by atoms with Crippen LogP contribution in [0.15, 0.2) is 28.9 Å². The summed E-state index contributed by atoms with van der Waals surface area (Å²) in [7, 11) is 0. The summed E-state index contributed by atoms with van der Waals surface area (Å²) in [4.78, 5) is 14.9. The van der Waals surface area contributed by atoms with E-state index in [-0.39, 0.29) is 11.9 Å². The number of hydrogen-bond donors (Lipinski definition) is 1. The lowest BCUT2D eigenvalue weighted by Gasteiger charge is -2.30. The van der Waals surface area contributed by atoms with Crippen molar-refractivity contribution in [2.45, 2.75) is 18.9 Å². The summed E-state index contributed by atoms with van der Waals surface area (Å²) >= 11 is 0. The van der Waals surface area contributed by atoms with Gasteiger partial charge in [0.15, 0.2) is 0 Å². The molecule has 0 aliphatic carbocycles. The zero-order chi connectivity index (χ0) is 15.1. The molecule has 0 spiro atoms. The maximum Gasteiger partial charge on any atom is 0.251 e. The van der Waals surface area contributed by atoms with E-state index >= 15 is 0 Å². The van der Waals surface area contributed by atoms with Gasteiger partial charge in [0, 0.05) is 30.1 Å². The van der Waals surface area contributed by atoms with E-state index in [1.165, 1.54) is 19.5 Å². The van der Waals surface area contributed by atoms with Crippen molar-refractivity contribution in [2.75, 3.05) is 19.6 Å². The normalized spacial score (nSPS) is 26.8. The van der Waals surface area contributed by atoms with Crippen LogP contribution in [-0.4, -0.2) is 36.5 Å². The number of nitrogens with one attached hydrogen (secondary N) is 1. The van der Waals surface area contributed by atoms with Crippen molar-refractivity contribution in [3.8, 4) is 12.3 Å². The quantitative estimate of drug-likeness (QED) is 0.864. The third kappa shape index (κ3) is 2.28. The minimum atomic E-state index is -0.0342. The smallest absolute Gasteiger partial charge is 0.251 e. The molecule has 0 radical (unpaired) electrons. The Morgan fingerprint density at radius 1 is 1.41 bits per heavy atom. The summed E-state index contributed by atoms with van der Waals surface area (Å²) in [5.41, 5.74) is 2.00. The molecule has 4 heteroatoms. The van der Waals surface area contributed by atoms with Crippen molar-refractivity contribution < 1.29 is 9.21 Å². The van der Waals surface area contributed by atoms with Gasteiger partial charge in [-0.1, -0.05) is 5.92 Å². The molecule has 112 valence electrons. The summed E-state index contributed by atoms with van der Waals surface area (Å²) in [6, 6.07) is 5.69. The maximum atomic E-state index is 12.5. The zero-order valence-corrected chi connectivity index (χ0v) is 12.3. The van der Waals surface area contributed by atoms with Gasteiger partial charge in [0.1, 0.15) is 11.8 Å². The van der Waals surface area contributed by atoms with Gasteiger partial charge < -0.3 is 14.6 Å². The van der Waals surface area contributed by atoms with Gasteiger partial charge in [-0.05, 0) is 43.5 Å². The van der Waals surface area contributed by atoms with Crippen LogP contribution >= 0.6 is 0 Å². The second-order valence-corrected chi connectivity index (χ2v) is 6.33. The topological polar surface area (TPSA) is 45.5 Å². The summed E-state index contributed by atoms with van der Waals surface area (Å²) in [5, 5.41) is 4.03. The number of fused-ring (bicyclic) bond motifs is 3. The third-order valence-electron chi connectivity index (χ3n) is 4.79. The van der Waals surface area contributed by atoms with Crippen LogP contribution in [0.25, 0.3) is 11.0 Å². The van der Waals surface area contributed by atoms with Gasteiger partial charge in [-0.3, -0.25) is 4.79 Å². The van der Waals surface area contributed by atoms with Crippen LogP contribution in [0.2, 0.25) is 0 Å². The summed E-state index contributed by atoms with van der Waals surface area (Å²) in [5.74, 6) is 3.29. The number of furan rings is 1. The van der Waals surface area contributed by atoms with E-state index < -0.39 is 0 Å². The Morgan fingerprint density at radius 2 is 2.32 bits per heavy atom. The van der Waals surface area contributed by atoms with Crippen LogP contribution in [0.3, 0.4) is 0 Å². The standard InChI is InChI=1S/C18H18N2O2/c1-2-13-11-22-17-8-14(3-4-16(13)17)18(21)19-15-7-12-5-6-20(9-12)10-15/h1,3-4,8,11-12,15H,5-7,9-10H2,(H,19,21). The highest BCUT2D eigenvalue weighted by Gasteiger charge is 2.32. The van der Waals surface area contributed by atoms with Gasteiger partial charge in [0.2, 0.25) is 0 Å². The second kappa shape index (κ2) is 5.19. The molecule has 4 nitrogen and oxygen atoms in total. The number of hydrogen-bond acceptors (Lipinski definition) is 3. The SMILES string of the molecule is C#Cc1coc2cc(C(=O)NC3CC4CCN(C4)C3)ccc12. The highest BCUT2D eigenvalue weighted by molar-refractivity contribution is 5.98. The molecule has 1 aromatic carbocycles. The molecule has 22 heavy (non-hydrogen) atoms. The molecule has 3 heterocycles. The van der Waals surface area contributed by atoms with E-state index in [2.05, 4.69) is 16.1 Å². The average molecular weight is 294 g/mol. The molecule has 2 aromatic rings. The molecule has 1 amide bonds. The molecule has 3 unspecified atom stereocenters. The molecule has 4 rings (SSSR count). The van der Waals surface area contributed by atoms with E-state index in [4.69, 9.17) is 10.8 Å². The minimum Gasteiger partial charge on any atom is -0.463 e. The van der Waals surface area contributed by atoms with Gasteiger partial charge >= 0.3 is 0 Å². The van der Waals surface area contributed by atoms with E-state index in [0.29, 0.717) is 11.1 Å². The fraction of sp³-hybridized carbons (Fsp3) is 0.389. The first-order valence-electron chi connectivity index (χ1n) is 7.74. The maximum absolute atomic E-state index is 12.5. The van der Waals surface area contributed by atoms with Crippen molar-refractivity contribution in [1.29, 1.82) is 0 Å². The highest BCUT2D eigenvalue weighted by atomic mass is 16.3. The molecule has 2 bridgehead atoms. The van der Waals surface area contributed by atoms with Crippen LogP contribution in [0.5, 0.6) is 0 Å². The van der Waals surface area contributed by atoms with Gasteiger partial charge in [0.25, 0.3) is 5.91 Å². The van der Waals surface area contributed by atoms with Crippen molar-refractivity contribution in [3.05, 3.63) is 35.6 Å². The van der Waals surface area contributed by atoms with Gasteiger partial charge in [-0.15, -0.1) is 6.42 Å². The number of terminal acetylenes is 1. The Bertz CT molecular complexity index is 759. The molecule has 2 fully saturated rings. The third-order valence-corrected chi connectivity index (χ3v) is 4.79. The lowest BCUT2D eigenvalue weighted by molar-refractivity contribution is 0.0909. The molecular formula is C18H18N2O2. The Hall–Kier alpha value is -2.25. The van der Waals surface area contributed by atoms with Crippen LogP contribution in [0, 0.1) is 18.3 Å². The number of benzene rings is 1. The summed E-state index contributed by atoms with van der Waals surface area (Å²) < 4.78 is 5.43. The Morgan fingerprint density at radius 3 is 3.14 bits per heavy atom. The molecule has 2 aliphatic rings. The van der Waals surface area contributed by atoms with Crippen LogP contribution < -0.4 is 5.32 Å². The molecule has 1 aromatic heterocycles. The van der Waals surface area contributed by atoms with Crippen LogP contribution in [0.4, 0.5) is 0 Å². The molecule has 2 aliphatic heterocycles. The largest absolute Gasteiger partial charge is 0.463 e. The number of carbonyl (C=O) groups excluding carboxylic acids is 1. The predicted octanol–water partition coefficient (Wildman–Crippen LogP) is 2.24. The van der Waals surface area contributed by atoms with E-state index in [9.17, 15) is 4.79 Å². The minimum absolute atomic E-state index is 0.0342. The lowest BCUT2D eigenvalue weighted by atomic mass is 9.96. The Labute approximate surface area is 129 Å². The highest BCUT2D eigenvalue weighted by Crippen LogP contribution is 2.27. The van der Waals surface area contributed by atoms with Crippen molar-refractivity contribution in [1.82, 2.24) is 10.2 Å². The van der Waals surface area contributed by atoms with Crippen molar-refractivity contribution in [2.24, 2.45) is 5.92 Å². The average Bonchev–Trinajstić information content (AvgIpc) is 3.09. The fourth-order valence-corrected chi connectivity index (χ4v) is 3.71. The van der Waals surface area contributed by atoms with Crippen molar-refractivity contribution in [3.63, 3.8) is 0 Å². The van der Waals surface area contributed by atoms with Crippen LogP contribution in [0.1, 0.15) is 28.8 Å². The summed E-state index contributed by atoms with van der Waals surface area (Å²) in [6.45, 7) is 3.33. The first kappa shape index (κ1) is 13.4. The fourth-order valence-electron chi connectivity index (χ4n) is 3.71. The Kier molecular flexibility index (Phi) is 3.16. The number of nitrogens with zero attached hydrogens (tertiary/aromatic N) is 1. The molecule has 1 N–H and O–H groups in total. The van der Waals surface area contributed by atoms with Gasteiger partial charge in [-0.2, -0.15) is 0 Å². The van der Waals surface area contributed by atoms with E-state index in [0.717, 1.165) is 29.8 Å². The van der Waals surface area contributed by atoms with Gasteiger partial charge in [0.05, 0.1) is 5.56 Å². The van der Waals surface area contributed by atoms with Crippen molar-refractivity contribution >= 4 is 16.9 Å². The molecule has 0 saturated carbocycles. The van der Waals surface area contributed by atoms with Gasteiger partial charge in [-0.25, -0.2) is 0 Å². The second-order valence-electron chi connectivity index (χ2n) is 6.33. The number of amides is 1. The van der Waals surface area contributed by atoms with Crippen LogP contribution in [-0.2, 0) is 0 Å². The number of rotatable bonds is 2. The number of carbonyl (C=O) groups is 1. The molecular weight excluding hydrogens is 276 g/mol. The first-order chi connectivity index (χ1) is 10.7.